The molecular weight excluding hydrogens is 266 g/mol. The second-order valence-corrected chi connectivity index (χ2v) is 5.58. The lowest BCUT2D eigenvalue weighted by Crippen LogP contribution is -2.39. The Morgan fingerprint density at radius 2 is 1.90 bits per heavy atom. The summed E-state index contributed by atoms with van der Waals surface area (Å²) in [6, 6.07) is 16.3. The van der Waals surface area contributed by atoms with E-state index in [4.69, 9.17) is 0 Å². The standard InChI is InChI=1S/C16H17N3S/c1-18-16(13-17,14-5-3-2-4-6-14)9-12-20-15-7-10-19-11-8-15/h2-8,10-11,18H,9,12H2,1H3. The first-order valence-electron chi connectivity index (χ1n) is 6.49. The molecular formula is C16H17N3S. The first-order chi connectivity index (χ1) is 9.80. The Kier molecular flexibility index (Phi) is 5.16. The number of benzene rings is 1. The third kappa shape index (κ3) is 3.38. The van der Waals surface area contributed by atoms with Gasteiger partial charge in [0.2, 0.25) is 0 Å². The highest BCUT2D eigenvalue weighted by Crippen LogP contribution is 2.28. The van der Waals surface area contributed by atoms with Crippen LogP contribution in [-0.2, 0) is 5.54 Å². The molecule has 1 aromatic carbocycles. The summed E-state index contributed by atoms with van der Waals surface area (Å²) in [5.74, 6) is 0.868. The zero-order valence-electron chi connectivity index (χ0n) is 11.4. The van der Waals surface area contributed by atoms with Gasteiger partial charge in [-0.1, -0.05) is 30.3 Å². The Bertz CT molecular complexity index is 565. The van der Waals surface area contributed by atoms with E-state index in [-0.39, 0.29) is 0 Å². The molecule has 2 aromatic rings. The summed E-state index contributed by atoms with van der Waals surface area (Å²) in [7, 11) is 1.84. The summed E-state index contributed by atoms with van der Waals surface area (Å²) in [6.07, 6.45) is 4.32. The van der Waals surface area contributed by atoms with Gasteiger partial charge in [-0.3, -0.25) is 10.3 Å². The number of aromatic nitrogens is 1. The molecule has 0 aliphatic rings. The zero-order valence-corrected chi connectivity index (χ0v) is 12.2. The number of rotatable bonds is 6. The molecule has 1 atom stereocenters. The second kappa shape index (κ2) is 7.09. The van der Waals surface area contributed by atoms with Crippen LogP contribution in [0.3, 0.4) is 0 Å². The van der Waals surface area contributed by atoms with Crippen LogP contribution in [0, 0.1) is 11.3 Å². The van der Waals surface area contributed by atoms with Crippen molar-refractivity contribution in [3.63, 3.8) is 0 Å². The Hall–Kier alpha value is -1.83. The van der Waals surface area contributed by atoms with Gasteiger partial charge in [0.25, 0.3) is 0 Å². The van der Waals surface area contributed by atoms with Gasteiger partial charge in [-0.2, -0.15) is 5.26 Å². The summed E-state index contributed by atoms with van der Waals surface area (Å²) in [6.45, 7) is 0. The maximum Gasteiger partial charge on any atom is 0.132 e. The number of hydrogen-bond donors (Lipinski definition) is 1. The fraction of sp³-hybridized carbons (Fsp3) is 0.250. The van der Waals surface area contributed by atoms with Gasteiger partial charge in [-0.25, -0.2) is 0 Å². The van der Waals surface area contributed by atoms with Crippen molar-refractivity contribution in [3.8, 4) is 6.07 Å². The molecule has 4 heteroatoms. The van der Waals surface area contributed by atoms with Crippen LogP contribution in [0.2, 0.25) is 0 Å². The minimum atomic E-state index is -0.624. The number of thioether (sulfide) groups is 1. The molecule has 0 saturated carbocycles. The lowest BCUT2D eigenvalue weighted by atomic mass is 9.89. The van der Waals surface area contributed by atoms with Crippen molar-refractivity contribution in [1.29, 1.82) is 5.26 Å². The van der Waals surface area contributed by atoms with Crippen LogP contribution < -0.4 is 5.32 Å². The predicted octanol–water partition coefficient (Wildman–Crippen LogP) is 3.20. The average Bonchev–Trinajstić information content (AvgIpc) is 2.54. The third-order valence-corrected chi connectivity index (χ3v) is 4.29. The van der Waals surface area contributed by atoms with Gasteiger partial charge in [-0.05, 0) is 31.2 Å². The fourth-order valence-corrected chi connectivity index (χ4v) is 3.03. The van der Waals surface area contributed by atoms with E-state index in [1.807, 2.05) is 49.5 Å². The molecule has 0 amide bonds. The number of pyridine rings is 1. The normalized spacial score (nSPS) is 13.4. The first-order valence-corrected chi connectivity index (χ1v) is 7.48. The molecule has 102 valence electrons. The molecule has 1 N–H and O–H groups in total. The van der Waals surface area contributed by atoms with E-state index in [1.165, 1.54) is 4.90 Å². The molecule has 1 heterocycles. The number of nitrogens with zero attached hydrogens (tertiary/aromatic N) is 2. The SMILES string of the molecule is CNC(C#N)(CCSc1ccncc1)c1ccccc1. The Morgan fingerprint density at radius 1 is 1.20 bits per heavy atom. The molecule has 20 heavy (non-hydrogen) atoms. The van der Waals surface area contributed by atoms with Crippen molar-refractivity contribution in [2.24, 2.45) is 0 Å². The quantitative estimate of drug-likeness (QED) is 0.827. The fourth-order valence-electron chi connectivity index (χ4n) is 2.07. The van der Waals surface area contributed by atoms with Crippen molar-refractivity contribution in [2.45, 2.75) is 16.9 Å². The summed E-state index contributed by atoms with van der Waals surface area (Å²) < 4.78 is 0. The Labute approximate surface area is 124 Å². The van der Waals surface area contributed by atoms with Crippen LogP contribution >= 0.6 is 11.8 Å². The molecule has 0 aliphatic heterocycles. The Balaban J connectivity index is 2.05. The predicted molar refractivity (Wildman–Crippen MR) is 82.4 cm³/mol. The molecule has 0 aliphatic carbocycles. The van der Waals surface area contributed by atoms with Gasteiger partial charge in [0, 0.05) is 23.0 Å². The molecule has 0 saturated heterocycles. The molecule has 1 aromatic heterocycles. The summed E-state index contributed by atoms with van der Waals surface area (Å²) in [4.78, 5) is 5.18. The van der Waals surface area contributed by atoms with Gasteiger partial charge in [0.1, 0.15) is 5.54 Å². The van der Waals surface area contributed by atoms with Crippen LogP contribution in [0.25, 0.3) is 0 Å². The van der Waals surface area contributed by atoms with Crippen molar-refractivity contribution < 1.29 is 0 Å². The lowest BCUT2D eigenvalue weighted by molar-refractivity contribution is 0.457. The lowest BCUT2D eigenvalue weighted by Gasteiger charge is -2.26. The molecule has 0 bridgehead atoms. The van der Waals surface area contributed by atoms with E-state index in [1.54, 1.807) is 24.2 Å². The van der Waals surface area contributed by atoms with Gasteiger partial charge in [0.15, 0.2) is 0 Å². The monoisotopic (exact) mass is 283 g/mol. The summed E-state index contributed by atoms with van der Waals surface area (Å²) in [5.41, 5.74) is 0.390. The highest BCUT2D eigenvalue weighted by molar-refractivity contribution is 7.99. The minimum Gasteiger partial charge on any atom is -0.299 e. The van der Waals surface area contributed by atoms with Crippen LogP contribution in [0.5, 0.6) is 0 Å². The van der Waals surface area contributed by atoms with E-state index in [2.05, 4.69) is 16.4 Å². The molecule has 0 fully saturated rings. The topological polar surface area (TPSA) is 48.7 Å². The van der Waals surface area contributed by atoms with E-state index >= 15 is 0 Å². The van der Waals surface area contributed by atoms with Gasteiger partial charge >= 0.3 is 0 Å². The maximum absolute atomic E-state index is 9.60. The molecule has 1 unspecified atom stereocenters. The van der Waals surface area contributed by atoms with Crippen LogP contribution in [0.1, 0.15) is 12.0 Å². The van der Waals surface area contributed by atoms with Gasteiger partial charge in [-0.15, -0.1) is 11.8 Å². The van der Waals surface area contributed by atoms with E-state index in [9.17, 15) is 5.26 Å². The smallest absolute Gasteiger partial charge is 0.132 e. The maximum atomic E-state index is 9.60. The van der Waals surface area contributed by atoms with Crippen LogP contribution in [-0.4, -0.2) is 17.8 Å². The van der Waals surface area contributed by atoms with E-state index in [0.717, 1.165) is 17.7 Å². The molecule has 2 rings (SSSR count). The number of nitrogens with one attached hydrogen (secondary N) is 1. The Morgan fingerprint density at radius 3 is 2.50 bits per heavy atom. The van der Waals surface area contributed by atoms with Crippen molar-refractivity contribution >= 4 is 11.8 Å². The van der Waals surface area contributed by atoms with Gasteiger partial charge < -0.3 is 0 Å². The van der Waals surface area contributed by atoms with Crippen molar-refractivity contribution in [2.75, 3.05) is 12.8 Å². The van der Waals surface area contributed by atoms with Crippen LogP contribution in [0.15, 0.2) is 59.8 Å². The van der Waals surface area contributed by atoms with Crippen molar-refractivity contribution in [1.82, 2.24) is 10.3 Å². The molecule has 0 radical (unpaired) electrons. The van der Waals surface area contributed by atoms with Gasteiger partial charge in [0.05, 0.1) is 6.07 Å². The second-order valence-electron chi connectivity index (χ2n) is 4.41. The number of hydrogen-bond acceptors (Lipinski definition) is 4. The third-order valence-electron chi connectivity index (χ3n) is 3.28. The summed E-state index contributed by atoms with van der Waals surface area (Å²) in [5, 5.41) is 12.8. The summed E-state index contributed by atoms with van der Waals surface area (Å²) >= 11 is 1.74. The molecule has 0 spiro atoms. The highest BCUT2D eigenvalue weighted by atomic mass is 32.2. The largest absolute Gasteiger partial charge is 0.299 e. The molecule has 3 nitrogen and oxygen atoms in total. The zero-order chi connectivity index (χ0) is 14.3. The minimum absolute atomic E-state index is 0.624. The van der Waals surface area contributed by atoms with Crippen molar-refractivity contribution in [3.05, 3.63) is 60.4 Å². The number of nitriles is 1. The average molecular weight is 283 g/mol. The van der Waals surface area contributed by atoms with E-state index < -0.39 is 5.54 Å². The first kappa shape index (κ1) is 14.6. The van der Waals surface area contributed by atoms with E-state index in [0.29, 0.717) is 0 Å². The highest BCUT2D eigenvalue weighted by Gasteiger charge is 2.29. The van der Waals surface area contributed by atoms with Crippen LogP contribution in [0.4, 0.5) is 0 Å².